The lowest BCUT2D eigenvalue weighted by atomic mass is 9.97. The molecule has 1 aromatic carbocycles. The van der Waals surface area contributed by atoms with Crippen molar-refractivity contribution in [3.05, 3.63) is 23.8 Å². The minimum absolute atomic E-state index is 0.0775. The van der Waals surface area contributed by atoms with Gasteiger partial charge in [0.05, 0.1) is 7.11 Å². The van der Waals surface area contributed by atoms with Crippen LogP contribution in [0.2, 0.25) is 0 Å². The van der Waals surface area contributed by atoms with E-state index >= 15 is 0 Å². The largest absolute Gasteiger partial charge is 0.497 e. The summed E-state index contributed by atoms with van der Waals surface area (Å²) in [6, 6.07) is 5.61. The lowest BCUT2D eigenvalue weighted by molar-refractivity contribution is 0.0600. The standard InChI is InChI=1S/C16H24N2O2/c1-3-6-14-7-4-5-8-18(14)16(19)12-9-13(17)11-15(10-12)20-2/h9-11,14H,3-8,17H2,1-2H3. The van der Waals surface area contributed by atoms with Crippen molar-refractivity contribution in [1.29, 1.82) is 0 Å². The first-order chi connectivity index (χ1) is 9.65. The molecule has 4 heteroatoms. The summed E-state index contributed by atoms with van der Waals surface area (Å²) in [4.78, 5) is 14.7. The molecule has 0 radical (unpaired) electrons. The van der Waals surface area contributed by atoms with E-state index in [9.17, 15) is 4.79 Å². The maximum Gasteiger partial charge on any atom is 0.254 e. The van der Waals surface area contributed by atoms with Gasteiger partial charge >= 0.3 is 0 Å². The number of benzene rings is 1. The van der Waals surface area contributed by atoms with Crippen molar-refractivity contribution >= 4 is 11.6 Å². The molecule has 0 spiro atoms. The number of rotatable bonds is 4. The second kappa shape index (κ2) is 6.64. The maximum absolute atomic E-state index is 12.7. The van der Waals surface area contributed by atoms with Crippen molar-refractivity contribution in [3.63, 3.8) is 0 Å². The number of methoxy groups -OCH3 is 1. The number of piperidine rings is 1. The molecule has 1 heterocycles. The SMILES string of the molecule is CCCC1CCCCN1C(=O)c1cc(N)cc(OC)c1. The highest BCUT2D eigenvalue weighted by Crippen LogP contribution is 2.25. The van der Waals surface area contributed by atoms with Crippen LogP contribution >= 0.6 is 0 Å². The Labute approximate surface area is 120 Å². The van der Waals surface area contributed by atoms with E-state index < -0.39 is 0 Å². The van der Waals surface area contributed by atoms with Crippen LogP contribution in [0, 0.1) is 0 Å². The molecule has 0 bridgehead atoms. The molecule has 1 unspecified atom stereocenters. The molecule has 1 aliphatic rings. The summed E-state index contributed by atoms with van der Waals surface area (Å²) in [7, 11) is 1.59. The van der Waals surface area contributed by atoms with Crippen molar-refractivity contribution in [2.75, 3.05) is 19.4 Å². The van der Waals surface area contributed by atoms with Gasteiger partial charge in [0.1, 0.15) is 5.75 Å². The highest BCUT2D eigenvalue weighted by Gasteiger charge is 2.27. The minimum Gasteiger partial charge on any atom is -0.497 e. The molecule has 1 fully saturated rings. The fourth-order valence-corrected chi connectivity index (χ4v) is 2.93. The first-order valence-corrected chi connectivity index (χ1v) is 7.41. The van der Waals surface area contributed by atoms with Gasteiger partial charge in [-0.15, -0.1) is 0 Å². The zero-order valence-corrected chi connectivity index (χ0v) is 12.4. The van der Waals surface area contributed by atoms with Gasteiger partial charge in [-0.1, -0.05) is 13.3 Å². The molecule has 110 valence electrons. The Morgan fingerprint density at radius 3 is 2.90 bits per heavy atom. The number of hydrogen-bond donors (Lipinski definition) is 1. The lowest BCUT2D eigenvalue weighted by Gasteiger charge is -2.36. The van der Waals surface area contributed by atoms with Gasteiger partial charge in [0, 0.05) is 29.9 Å². The molecular formula is C16H24N2O2. The zero-order chi connectivity index (χ0) is 14.5. The van der Waals surface area contributed by atoms with Gasteiger partial charge in [-0.25, -0.2) is 0 Å². The van der Waals surface area contributed by atoms with E-state index in [1.54, 1.807) is 25.3 Å². The fraction of sp³-hybridized carbons (Fsp3) is 0.562. The van der Waals surface area contributed by atoms with Crippen LogP contribution < -0.4 is 10.5 Å². The molecule has 0 saturated carbocycles. The van der Waals surface area contributed by atoms with E-state index in [0.29, 0.717) is 23.0 Å². The number of nitrogen functional groups attached to an aromatic ring is 1. The molecule has 1 saturated heterocycles. The second-order valence-corrected chi connectivity index (χ2v) is 5.43. The first kappa shape index (κ1) is 14.7. The van der Waals surface area contributed by atoms with Gasteiger partial charge < -0.3 is 15.4 Å². The average Bonchev–Trinajstić information content (AvgIpc) is 2.46. The van der Waals surface area contributed by atoms with Gasteiger partial charge in [0.15, 0.2) is 0 Å². The summed E-state index contributed by atoms with van der Waals surface area (Å²) >= 11 is 0. The van der Waals surface area contributed by atoms with Gasteiger partial charge in [-0.3, -0.25) is 4.79 Å². The number of amides is 1. The monoisotopic (exact) mass is 276 g/mol. The van der Waals surface area contributed by atoms with Crippen LogP contribution in [-0.4, -0.2) is 30.5 Å². The molecule has 2 rings (SSSR count). The highest BCUT2D eigenvalue weighted by atomic mass is 16.5. The molecule has 2 N–H and O–H groups in total. The van der Waals surface area contributed by atoms with Crippen LogP contribution in [0.1, 0.15) is 49.4 Å². The molecule has 0 aromatic heterocycles. The van der Waals surface area contributed by atoms with Crippen molar-refractivity contribution in [3.8, 4) is 5.75 Å². The predicted octanol–water partition coefficient (Wildman–Crippen LogP) is 3.07. The molecule has 0 aliphatic carbocycles. The van der Waals surface area contributed by atoms with Gasteiger partial charge in [-0.2, -0.15) is 0 Å². The number of nitrogens with two attached hydrogens (primary N) is 1. The Kier molecular flexibility index (Phi) is 4.88. The van der Waals surface area contributed by atoms with Crippen LogP contribution in [0.15, 0.2) is 18.2 Å². The van der Waals surface area contributed by atoms with E-state index in [-0.39, 0.29) is 5.91 Å². The Hall–Kier alpha value is -1.71. The smallest absolute Gasteiger partial charge is 0.254 e. The van der Waals surface area contributed by atoms with Crippen LogP contribution in [0.4, 0.5) is 5.69 Å². The summed E-state index contributed by atoms with van der Waals surface area (Å²) in [5, 5.41) is 0. The minimum atomic E-state index is 0.0775. The quantitative estimate of drug-likeness (QED) is 0.860. The summed E-state index contributed by atoms with van der Waals surface area (Å²) < 4.78 is 5.20. The Morgan fingerprint density at radius 2 is 2.20 bits per heavy atom. The number of likely N-dealkylation sites (tertiary alicyclic amines) is 1. The van der Waals surface area contributed by atoms with Crippen LogP contribution in [0.3, 0.4) is 0 Å². The number of hydrogen-bond acceptors (Lipinski definition) is 3. The molecule has 1 aromatic rings. The van der Waals surface area contributed by atoms with E-state index in [2.05, 4.69) is 6.92 Å². The van der Waals surface area contributed by atoms with Crippen LogP contribution in [0.5, 0.6) is 5.75 Å². The average molecular weight is 276 g/mol. The van der Waals surface area contributed by atoms with E-state index in [1.807, 2.05) is 4.90 Å². The molecule has 1 atom stereocenters. The van der Waals surface area contributed by atoms with Crippen molar-refractivity contribution in [2.24, 2.45) is 0 Å². The second-order valence-electron chi connectivity index (χ2n) is 5.43. The van der Waals surface area contributed by atoms with Crippen molar-refractivity contribution in [1.82, 2.24) is 4.90 Å². The van der Waals surface area contributed by atoms with Crippen molar-refractivity contribution in [2.45, 2.75) is 45.1 Å². The normalized spacial score (nSPS) is 18.9. The van der Waals surface area contributed by atoms with E-state index in [0.717, 1.165) is 32.2 Å². The van der Waals surface area contributed by atoms with E-state index in [4.69, 9.17) is 10.5 Å². The third-order valence-electron chi connectivity index (χ3n) is 3.92. The van der Waals surface area contributed by atoms with Crippen molar-refractivity contribution < 1.29 is 9.53 Å². The Balaban J connectivity index is 2.22. The van der Waals surface area contributed by atoms with Gasteiger partial charge in [-0.05, 0) is 37.8 Å². The number of nitrogens with zero attached hydrogens (tertiary/aromatic N) is 1. The van der Waals surface area contributed by atoms with Gasteiger partial charge in [0.2, 0.25) is 0 Å². The topological polar surface area (TPSA) is 55.6 Å². The third kappa shape index (κ3) is 3.24. The first-order valence-electron chi connectivity index (χ1n) is 7.41. The Bertz CT molecular complexity index is 472. The summed E-state index contributed by atoms with van der Waals surface area (Å²) in [6.45, 7) is 3.02. The molecule has 1 amide bonds. The van der Waals surface area contributed by atoms with Gasteiger partial charge in [0.25, 0.3) is 5.91 Å². The number of carbonyl (C=O) groups excluding carboxylic acids is 1. The number of anilines is 1. The molecule has 1 aliphatic heterocycles. The summed E-state index contributed by atoms with van der Waals surface area (Å²) in [5.41, 5.74) is 7.04. The molecule has 4 nitrogen and oxygen atoms in total. The Morgan fingerprint density at radius 1 is 1.40 bits per heavy atom. The fourth-order valence-electron chi connectivity index (χ4n) is 2.93. The van der Waals surface area contributed by atoms with Crippen LogP contribution in [0.25, 0.3) is 0 Å². The summed E-state index contributed by atoms with van der Waals surface area (Å²) in [5.74, 6) is 0.714. The number of ether oxygens (including phenoxy) is 1. The molecule has 20 heavy (non-hydrogen) atoms. The zero-order valence-electron chi connectivity index (χ0n) is 12.4. The van der Waals surface area contributed by atoms with Crippen LogP contribution in [-0.2, 0) is 0 Å². The summed E-state index contributed by atoms with van der Waals surface area (Å²) in [6.07, 6.45) is 5.60. The number of carbonyl (C=O) groups is 1. The predicted molar refractivity (Wildman–Crippen MR) is 81.0 cm³/mol. The lowest BCUT2D eigenvalue weighted by Crippen LogP contribution is -2.43. The van der Waals surface area contributed by atoms with E-state index in [1.165, 1.54) is 6.42 Å². The maximum atomic E-state index is 12.7. The molecular weight excluding hydrogens is 252 g/mol. The highest BCUT2D eigenvalue weighted by molar-refractivity contribution is 5.95. The third-order valence-corrected chi connectivity index (χ3v) is 3.92.